The lowest BCUT2D eigenvalue weighted by Crippen LogP contribution is -1.93. The lowest BCUT2D eigenvalue weighted by Gasteiger charge is -2.12. The van der Waals surface area contributed by atoms with Crippen LogP contribution in [0.3, 0.4) is 0 Å². The molecule has 138 valence electrons. The van der Waals surface area contributed by atoms with E-state index in [0.29, 0.717) is 0 Å². The largest absolute Gasteiger partial charge is 0.388 e. The Morgan fingerprint density at radius 3 is 1.68 bits per heavy atom. The van der Waals surface area contributed by atoms with Crippen LogP contribution in [0.25, 0.3) is 33.6 Å². The average molecular weight is 365 g/mol. The molecular formula is C25H23N3. The van der Waals surface area contributed by atoms with Crippen LogP contribution in [0.15, 0.2) is 91.0 Å². The Labute approximate surface area is 166 Å². The number of nitrogens with one attached hydrogen (secondary N) is 2. The van der Waals surface area contributed by atoms with Gasteiger partial charge in [0, 0.05) is 36.6 Å². The molecule has 0 amide bonds. The van der Waals surface area contributed by atoms with Gasteiger partial charge in [0.05, 0.1) is 11.4 Å². The molecule has 4 rings (SSSR count). The van der Waals surface area contributed by atoms with Crippen LogP contribution >= 0.6 is 0 Å². The molecule has 0 unspecified atom stereocenters. The molecule has 0 bridgehead atoms. The van der Waals surface area contributed by atoms with Gasteiger partial charge in [-0.2, -0.15) is 0 Å². The first-order valence-corrected chi connectivity index (χ1v) is 9.41. The molecule has 0 aliphatic heterocycles. The van der Waals surface area contributed by atoms with E-state index in [1.807, 2.05) is 32.3 Å². The van der Waals surface area contributed by atoms with Crippen LogP contribution in [0.1, 0.15) is 0 Å². The first-order valence-electron chi connectivity index (χ1n) is 9.41. The van der Waals surface area contributed by atoms with Gasteiger partial charge in [-0.25, -0.2) is 4.98 Å². The molecule has 1 heterocycles. The number of aromatic nitrogens is 1. The van der Waals surface area contributed by atoms with Crippen molar-refractivity contribution in [1.29, 1.82) is 0 Å². The van der Waals surface area contributed by atoms with Crippen LogP contribution in [-0.2, 0) is 0 Å². The molecule has 0 aliphatic rings. The molecule has 28 heavy (non-hydrogen) atoms. The third-order valence-corrected chi connectivity index (χ3v) is 4.83. The van der Waals surface area contributed by atoms with Crippen molar-refractivity contribution >= 4 is 11.4 Å². The summed E-state index contributed by atoms with van der Waals surface area (Å²) in [4.78, 5) is 4.97. The van der Waals surface area contributed by atoms with Gasteiger partial charge in [-0.05, 0) is 47.5 Å². The minimum atomic E-state index is 0.961. The van der Waals surface area contributed by atoms with Crippen molar-refractivity contribution in [2.24, 2.45) is 0 Å². The molecule has 0 aliphatic carbocycles. The minimum absolute atomic E-state index is 0.961. The van der Waals surface area contributed by atoms with Crippen molar-refractivity contribution in [2.45, 2.75) is 0 Å². The first-order chi connectivity index (χ1) is 13.8. The monoisotopic (exact) mass is 365 g/mol. The quantitative estimate of drug-likeness (QED) is 0.444. The van der Waals surface area contributed by atoms with E-state index in [4.69, 9.17) is 4.98 Å². The number of rotatable bonds is 5. The predicted octanol–water partition coefficient (Wildman–Crippen LogP) is 6.17. The maximum absolute atomic E-state index is 4.97. The summed E-state index contributed by atoms with van der Waals surface area (Å²) in [7, 11) is 3.87. The lowest BCUT2D eigenvalue weighted by atomic mass is 9.99. The Hall–Kier alpha value is -3.59. The van der Waals surface area contributed by atoms with Crippen LogP contribution in [-0.4, -0.2) is 19.1 Å². The summed E-state index contributed by atoms with van der Waals surface area (Å²) in [6, 6.07) is 31.4. The van der Waals surface area contributed by atoms with Crippen LogP contribution in [0, 0.1) is 0 Å². The van der Waals surface area contributed by atoms with Crippen molar-refractivity contribution in [3.05, 3.63) is 91.0 Å². The predicted molar refractivity (Wildman–Crippen MR) is 120 cm³/mol. The fraction of sp³-hybridized carbons (Fsp3) is 0.0800. The zero-order valence-corrected chi connectivity index (χ0v) is 16.1. The Morgan fingerprint density at radius 1 is 0.500 bits per heavy atom. The highest BCUT2D eigenvalue weighted by atomic mass is 14.8. The third kappa shape index (κ3) is 3.74. The maximum atomic E-state index is 4.97. The van der Waals surface area contributed by atoms with Gasteiger partial charge in [0.2, 0.25) is 0 Å². The Morgan fingerprint density at radius 2 is 1.04 bits per heavy atom. The molecule has 2 N–H and O–H groups in total. The van der Waals surface area contributed by atoms with Gasteiger partial charge < -0.3 is 10.6 Å². The summed E-state index contributed by atoms with van der Waals surface area (Å²) < 4.78 is 0. The fourth-order valence-corrected chi connectivity index (χ4v) is 3.29. The van der Waals surface area contributed by atoms with Gasteiger partial charge in [0.1, 0.15) is 0 Å². The molecule has 0 fully saturated rings. The van der Waals surface area contributed by atoms with E-state index >= 15 is 0 Å². The van der Waals surface area contributed by atoms with E-state index < -0.39 is 0 Å². The van der Waals surface area contributed by atoms with Gasteiger partial charge in [0.15, 0.2) is 0 Å². The zero-order chi connectivity index (χ0) is 19.3. The van der Waals surface area contributed by atoms with Crippen LogP contribution in [0.2, 0.25) is 0 Å². The number of benzene rings is 3. The smallest absolute Gasteiger partial charge is 0.0716 e. The van der Waals surface area contributed by atoms with Crippen molar-refractivity contribution in [3.8, 4) is 33.6 Å². The molecule has 0 saturated heterocycles. The highest BCUT2D eigenvalue weighted by molar-refractivity contribution is 5.78. The number of hydrogen-bond donors (Lipinski definition) is 2. The molecule has 3 heteroatoms. The number of hydrogen-bond acceptors (Lipinski definition) is 3. The van der Waals surface area contributed by atoms with Gasteiger partial charge in [-0.3, -0.25) is 0 Å². The van der Waals surface area contributed by atoms with Crippen LogP contribution < -0.4 is 10.6 Å². The summed E-state index contributed by atoms with van der Waals surface area (Å²) in [5.41, 5.74) is 8.61. The van der Waals surface area contributed by atoms with Crippen molar-refractivity contribution in [3.63, 3.8) is 0 Å². The molecule has 0 saturated carbocycles. The number of pyridine rings is 1. The summed E-state index contributed by atoms with van der Waals surface area (Å²) in [6.07, 6.45) is 0. The first kappa shape index (κ1) is 17.8. The molecule has 0 radical (unpaired) electrons. The second kappa shape index (κ2) is 7.97. The van der Waals surface area contributed by atoms with E-state index in [1.54, 1.807) is 0 Å². The molecule has 3 nitrogen and oxygen atoms in total. The van der Waals surface area contributed by atoms with E-state index in [2.05, 4.69) is 83.4 Å². The van der Waals surface area contributed by atoms with E-state index in [-0.39, 0.29) is 0 Å². The fourth-order valence-electron chi connectivity index (χ4n) is 3.29. The normalized spacial score (nSPS) is 10.5. The summed E-state index contributed by atoms with van der Waals surface area (Å²) in [6.45, 7) is 0. The van der Waals surface area contributed by atoms with Crippen molar-refractivity contribution in [1.82, 2.24) is 4.98 Å². The van der Waals surface area contributed by atoms with E-state index in [1.165, 1.54) is 0 Å². The Balaban J connectivity index is 1.90. The summed E-state index contributed by atoms with van der Waals surface area (Å²) in [5.74, 6) is 0. The minimum Gasteiger partial charge on any atom is -0.388 e. The van der Waals surface area contributed by atoms with Gasteiger partial charge in [-0.1, -0.05) is 54.6 Å². The second-order valence-corrected chi connectivity index (χ2v) is 6.65. The zero-order valence-electron chi connectivity index (χ0n) is 16.1. The van der Waals surface area contributed by atoms with E-state index in [9.17, 15) is 0 Å². The molecule has 3 aromatic carbocycles. The topological polar surface area (TPSA) is 37.0 Å². The molecular weight excluding hydrogens is 342 g/mol. The third-order valence-electron chi connectivity index (χ3n) is 4.83. The average Bonchev–Trinajstić information content (AvgIpc) is 2.79. The molecule has 0 spiro atoms. The summed E-state index contributed by atoms with van der Waals surface area (Å²) in [5, 5.41) is 6.43. The Kier molecular flexibility index (Phi) is 5.07. The van der Waals surface area contributed by atoms with E-state index in [0.717, 1.165) is 45.0 Å². The second-order valence-electron chi connectivity index (χ2n) is 6.65. The highest BCUT2D eigenvalue weighted by Crippen LogP contribution is 2.31. The standard InChI is InChI=1S/C25H23N3/c1-26-22-12-6-10-19(14-22)21-16-24(18-8-4-3-5-9-18)28-25(17-21)20-11-7-13-23(15-20)27-2/h3-17,26-27H,1-2H3. The lowest BCUT2D eigenvalue weighted by molar-refractivity contribution is 1.32. The number of nitrogens with zero attached hydrogens (tertiary/aromatic N) is 1. The molecule has 0 atom stereocenters. The maximum Gasteiger partial charge on any atom is 0.0716 e. The van der Waals surface area contributed by atoms with Crippen LogP contribution in [0.5, 0.6) is 0 Å². The Bertz CT molecular complexity index is 1020. The van der Waals surface area contributed by atoms with Crippen molar-refractivity contribution < 1.29 is 0 Å². The van der Waals surface area contributed by atoms with Crippen molar-refractivity contribution in [2.75, 3.05) is 24.7 Å². The van der Waals surface area contributed by atoms with Gasteiger partial charge in [-0.15, -0.1) is 0 Å². The SMILES string of the molecule is CNc1cccc(-c2cc(-c3ccccc3)nc(-c3cccc(NC)c3)c2)c1. The van der Waals surface area contributed by atoms with Gasteiger partial charge >= 0.3 is 0 Å². The van der Waals surface area contributed by atoms with Crippen LogP contribution in [0.4, 0.5) is 11.4 Å². The van der Waals surface area contributed by atoms with Gasteiger partial charge in [0.25, 0.3) is 0 Å². The summed E-state index contributed by atoms with van der Waals surface area (Å²) >= 11 is 0. The molecule has 4 aromatic rings. The number of anilines is 2. The molecule has 1 aromatic heterocycles. The highest BCUT2D eigenvalue weighted by Gasteiger charge is 2.09.